The van der Waals surface area contributed by atoms with Crippen molar-refractivity contribution in [3.8, 4) is 0 Å². The van der Waals surface area contributed by atoms with Gasteiger partial charge in [0.1, 0.15) is 0 Å². The van der Waals surface area contributed by atoms with E-state index in [2.05, 4.69) is 44.7 Å². The Morgan fingerprint density at radius 2 is 2.00 bits per heavy atom. The van der Waals surface area contributed by atoms with E-state index in [9.17, 15) is 0 Å². The fourth-order valence-electron chi connectivity index (χ4n) is 0.933. The first-order chi connectivity index (χ1) is 5.76. The van der Waals surface area contributed by atoms with Gasteiger partial charge in [-0.2, -0.15) is 0 Å². The Bertz CT molecular complexity index is 214. The predicted octanol–water partition coefficient (Wildman–Crippen LogP) is 4.03. The predicted molar refractivity (Wildman–Crippen MR) is 57.1 cm³/mol. The van der Waals surface area contributed by atoms with Crippen molar-refractivity contribution in [1.29, 1.82) is 0 Å². The minimum atomic E-state index is 0.999. The Kier molecular flexibility index (Phi) is 6.08. The van der Waals surface area contributed by atoms with Crippen molar-refractivity contribution in [2.75, 3.05) is 0 Å². The van der Waals surface area contributed by atoms with Gasteiger partial charge in [0.05, 0.1) is 0 Å². The molecular weight excluding hydrogens is 144 g/mol. The summed E-state index contributed by atoms with van der Waals surface area (Å²) in [5, 5.41) is 0. The minimum Gasteiger partial charge on any atom is -0.0991 e. The van der Waals surface area contributed by atoms with Gasteiger partial charge in [-0.15, -0.1) is 0 Å². The molecule has 66 valence electrons. The molecule has 0 amide bonds. The topological polar surface area (TPSA) is 0 Å². The van der Waals surface area contributed by atoms with Crippen LogP contribution in [0.15, 0.2) is 48.1 Å². The molecule has 0 aliphatic heterocycles. The highest BCUT2D eigenvalue weighted by Gasteiger charge is 1.94. The zero-order chi connectivity index (χ0) is 9.40. The molecule has 0 aromatic rings. The quantitative estimate of drug-likeness (QED) is 0.432. The lowest BCUT2D eigenvalue weighted by Gasteiger charge is -2.02. The van der Waals surface area contributed by atoms with E-state index in [1.54, 1.807) is 0 Å². The maximum absolute atomic E-state index is 3.70. The first kappa shape index (κ1) is 11.0. The molecular formula is C12H18. The molecule has 0 bridgehead atoms. The monoisotopic (exact) mass is 162 g/mol. The summed E-state index contributed by atoms with van der Waals surface area (Å²) in [4.78, 5) is 0. The molecule has 0 radical (unpaired) electrons. The lowest BCUT2D eigenvalue weighted by Crippen LogP contribution is -1.82. The smallest absolute Gasteiger partial charge is 0.00951 e. The molecule has 0 saturated heterocycles. The third-order valence-electron chi connectivity index (χ3n) is 1.83. The van der Waals surface area contributed by atoms with Crippen LogP contribution in [0.1, 0.15) is 27.2 Å². The van der Waals surface area contributed by atoms with Gasteiger partial charge in [-0.3, -0.25) is 0 Å². The van der Waals surface area contributed by atoms with Crippen LogP contribution in [0, 0.1) is 0 Å². The van der Waals surface area contributed by atoms with Crippen LogP contribution >= 0.6 is 0 Å². The Balaban J connectivity index is 4.44. The Morgan fingerprint density at radius 3 is 2.42 bits per heavy atom. The molecule has 0 fully saturated rings. The molecule has 0 rings (SSSR count). The van der Waals surface area contributed by atoms with E-state index in [0.29, 0.717) is 0 Å². The van der Waals surface area contributed by atoms with Crippen LogP contribution in [0.4, 0.5) is 0 Å². The Morgan fingerprint density at radius 1 is 1.33 bits per heavy atom. The maximum atomic E-state index is 3.70. The zero-order valence-electron chi connectivity index (χ0n) is 8.30. The highest BCUT2D eigenvalue weighted by molar-refractivity contribution is 5.32. The Labute approximate surface area is 76.0 Å². The van der Waals surface area contributed by atoms with Crippen LogP contribution in [-0.2, 0) is 0 Å². The second-order valence-corrected chi connectivity index (χ2v) is 2.67. The molecule has 0 nitrogen and oxygen atoms in total. The lowest BCUT2D eigenvalue weighted by molar-refractivity contribution is 1.19. The molecule has 0 heteroatoms. The molecule has 0 unspecified atom stereocenters. The van der Waals surface area contributed by atoms with Gasteiger partial charge in [0.2, 0.25) is 0 Å². The van der Waals surface area contributed by atoms with Gasteiger partial charge in [-0.1, -0.05) is 42.5 Å². The van der Waals surface area contributed by atoms with Gasteiger partial charge in [0.25, 0.3) is 0 Å². The largest absolute Gasteiger partial charge is 0.0991 e. The minimum absolute atomic E-state index is 0.999. The standard InChI is InChI=1S/C12H18/c1-5-8-10-12(9-6-2)11(4)7-3/h5-9H,2,10H2,1,3-4H3. The number of allylic oxidation sites excluding steroid dienone is 7. The van der Waals surface area contributed by atoms with Gasteiger partial charge in [-0.25, -0.2) is 0 Å². The fourth-order valence-corrected chi connectivity index (χ4v) is 0.933. The van der Waals surface area contributed by atoms with E-state index in [1.807, 2.05) is 13.0 Å². The van der Waals surface area contributed by atoms with Gasteiger partial charge in [0.15, 0.2) is 0 Å². The SMILES string of the molecule is C=CC=C(CC=CC)C(C)=CC. The second kappa shape index (κ2) is 6.66. The van der Waals surface area contributed by atoms with E-state index in [0.717, 1.165) is 6.42 Å². The highest BCUT2D eigenvalue weighted by atomic mass is 14.0. The zero-order valence-corrected chi connectivity index (χ0v) is 8.30. The summed E-state index contributed by atoms with van der Waals surface area (Å²) in [6.07, 6.45) is 11.3. The van der Waals surface area contributed by atoms with Crippen molar-refractivity contribution in [2.24, 2.45) is 0 Å². The summed E-state index contributed by atoms with van der Waals surface area (Å²) in [6.45, 7) is 9.92. The molecule has 0 atom stereocenters. The molecule has 0 N–H and O–H groups in total. The summed E-state index contributed by atoms with van der Waals surface area (Å²) >= 11 is 0. The van der Waals surface area contributed by atoms with Crippen LogP contribution in [0.3, 0.4) is 0 Å². The van der Waals surface area contributed by atoms with Crippen LogP contribution in [-0.4, -0.2) is 0 Å². The van der Waals surface area contributed by atoms with Crippen molar-refractivity contribution in [2.45, 2.75) is 27.2 Å². The summed E-state index contributed by atoms with van der Waals surface area (Å²) in [6, 6.07) is 0. The summed E-state index contributed by atoms with van der Waals surface area (Å²) < 4.78 is 0. The van der Waals surface area contributed by atoms with Crippen molar-refractivity contribution < 1.29 is 0 Å². The maximum Gasteiger partial charge on any atom is -0.00951 e. The van der Waals surface area contributed by atoms with E-state index in [1.165, 1.54) is 11.1 Å². The average molecular weight is 162 g/mol. The van der Waals surface area contributed by atoms with Crippen molar-refractivity contribution in [3.05, 3.63) is 48.1 Å². The van der Waals surface area contributed by atoms with Crippen LogP contribution in [0.25, 0.3) is 0 Å². The van der Waals surface area contributed by atoms with Crippen LogP contribution in [0.2, 0.25) is 0 Å². The molecule has 0 saturated carbocycles. The second-order valence-electron chi connectivity index (χ2n) is 2.67. The van der Waals surface area contributed by atoms with E-state index in [4.69, 9.17) is 0 Å². The van der Waals surface area contributed by atoms with Gasteiger partial charge in [0, 0.05) is 0 Å². The van der Waals surface area contributed by atoms with Gasteiger partial charge < -0.3 is 0 Å². The summed E-state index contributed by atoms with van der Waals surface area (Å²) in [5.41, 5.74) is 2.67. The van der Waals surface area contributed by atoms with E-state index >= 15 is 0 Å². The first-order valence-electron chi connectivity index (χ1n) is 4.32. The van der Waals surface area contributed by atoms with E-state index < -0.39 is 0 Å². The third-order valence-corrected chi connectivity index (χ3v) is 1.83. The van der Waals surface area contributed by atoms with Gasteiger partial charge >= 0.3 is 0 Å². The average Bonchev–Trinajstić information content (AvgIpc) is 2.11. The lowest BCUT2D eigenvalue weighted by atomic mass is 10.0. The van der Waals surface area contributed by atoms with Crippen molar-refractivity contribution in [1.82, 2.24) is 0 Å². The van der Waals surface area contributed by atoms with Crippen molar-refractivity contribution in [3.63, 3.8) is 0 Å². The highest BCUT2D eigenvalue weighted by Crippen LogP contribution is 2.13. The number of hydrogen-bond donors (Lipinski definition) is 0. The molecule has 0 spiro atoms. The summed E-state index contributed by atoms with van der Waals surface area (Å²) in [7, 11) is 0. The fraction of sp³-hybridized carbons (Fsp3) is 0.333. The van der Waals surface area contributed by atoms with Crippen molar-refractivity contribution >= 4 is 0 Å². The number of rotatable bonds is 4. The Hall–Kier alpha value is -1.04. The van der Waals surface area contributed by atoms with Crippen LogP contribution < -0.4 is 0 Å². The molecule has 0 aromatic heterocycles. The molecule has 0 heterocycles. The molecule has 0 aliphatic rings. The number of hydrogen-bond acceptors (Lipinski definition) is 0. The van der Waals surface area contributed by atoms with Crippen LogP contribution in [0.5, 0.6) is 0 Å². The summed E-state index contributed by atoms with van der Waals surface area (Å²) in [5.74, 6) is 0. The molecule has 0 aliphatic carbocycles. The first-order valence-corrected chi connectivity index (χ1v) is 4.32. The molecule has 12 heavy (non-hydrogen) atoms. The molecule has 0 aromatic carbocycles. The van der Waals surface area contributed by atoms with Gasteiger partial charge in [-0.05, 0) is 32.8 Å². The third kappa shape index (κ3) is 3.97. The van der Waals surface area contributed by atoms with E-state index in [-0.39, 0.29) is 0 Å². The normalized spacial score (nSPS) is 13.9.